The minimum atomic E-state index is -0.550. The van der Waals surface area contributed by atoms with Crippen LogP contribution in [0.15, 0.2) is 78.9 Å². The Hall–Kier alpha value is -2.90. The van der Waals surface area contributed by atoms with E-state index in [1.165, 1.54) is 27.3 Å². The van der Waals surface area contributed by atoms with Crippen molar-refractivity contribution in [2.24, 2.45) is 0 Å². The van der Waals surface area contributed by atoms with Gasteiger partial charge in [0.2, 0.25) is 0 Å². The maximum absolute atomic E-state index is 11.4. The Morgan fingerprint density at radius 3 is 2.00 bits per heavy atom. The van der Waals surface area contributed by atoms with Gasteiger partial charge in [-0.3, -0.25) is 0 Å². The maximum Gasteiger partial charge on any atom is 0.0905 e. The van der Waals surface area contributed by atoms with Crippen LogP contribution in [0.2, 0.25) is 0 Å². The summed E-state index contributed by atoms with van der Waals surface area (Å²) in [7, 11) is 0. The second-order valence-electron chi connectivity index (χ2n) is 7.10. The van der Waals surface area contributed by atoms with E-state index >= 15 is 0 Å². The van der Waals surface area contributed by atoms with E-state index in [-0.39, 0.29) is 5.92 Å². The summed E-state index contributed by atoms with van der Waals surface area (Å²) in [5.41, 5.74) is 4.61. The van der Waals surface area contributed by atoms with E-state index in [1.807, 2.05) is 0 Å². The molecule has 0 unspecified atom stereocenters. The number of hydrogen-bond acceptors (Lipinski definition) is 1. The Kier molecular flexibility index (Phi) is 3.44. The van der Waals surface area contributed by atoms with Crippen LogP contribution in [0.5, 0.6) is 0 Å². The summed E-state index contributed by atoms with van der Waals surface area (Å²) < 4.78 is 0. The lowest BCUT2D eigenvalue weighted by atomic mass is 9.77. The van der Waals surface area contributed by atoms with Crippen LogP contribution in [-0.4, -0.2) is 5.11 Å². The van der Waals surface area contributed by atoms with Gasteiger partial charge in [-0.2, -0.15) is 0 Å². The van der Waals surface area contributed by atoms with Gasteiger partial charge in [-0.25, -0.2) is 0 Å². The molecular formula is C25H20O. The van der Waals surface area contributed by atoms with E-state index in [0.717, 1.165) is 16.5 Å². The average molecular weight is 336 g/mol. The van der Waals surface area contributed by atoms with Crippen molar-refractivity contribution in [3.05, 3.63) is 101 Å². The highest BCUT2D eigenvalue weighted by atomic mass is 16.3. The molecule has 5 rings (SSSR count). The number of fused-ring (bicyclic) bond motifs is 6. The fourth-order valence-corrected chi connectivity index (χ4v) is 4.41. The molecule has 1 nitrogen and oxygen atoms in total. The minimum absolute atomic E-state index is 0.0201. The molecule has 4 aromatic rings. The first-order valence-electron chi connectivity index (χ1n) is 9.11. The highest BCUT2D eigenvalue weighted by molar-refractivity contribution is 6.13. The normalized spacial score (nSPS) is 19.0. The third-order valence-electron chi connectivity index (χ3n) is 5.67. The molecule has 126 valence electrons. The predicted molar refractivity (Wildman–Crippen MR) is 109 cm³/mol. The summed E-state index contributed by atoms with van der Waals surface area (Å²) in [6, 6.07) is 25.3. The quantitative estimate of drug-likeness (QED) is 0.414. The number of benzene rings is 4. The first-order chi connectivity index (χ1) is 12.8. The van der Waals surface area contributed by atoms with Crippen LogP contribution in [0.1, 0.15) is 34.3 Å². The molecule has 26 heavy (non-hydrogen) atoms. The van der Waals surface area contributed by atoms with Crippen LogP contribution in [0.25, 0.3) is 27.6 Å². The third kappa shape index (κ3) is 2.14. The molecule has 0 amide bonds. The van der Waals surface area contributed by atoms with E-state index in [1.54, 1.807) is 0 Å². The Morgan fingerprint density at radius 1 is 0.692 bits per heavy atom. The maximum atomic E-state index is 11.4. The monoisotopic (exact) mass is 336 g/mol. The number of rotatable bonds is 1. The van der Waals surface area contributed by atoms with E-state index in [4.69, 9.17) is 0 Å². The highest BCUT2D eigenvalue weighted by Crippen LogP contribution is 2.45. The largest absolute Gasteiger partial charge is 0.387 e. The molecule has 0 radical (unpaired) electrons. The molecule has 0 aromatic heterocycles. The average Bonchev–Trinajstić information content (AvgIpc) is 2.69. The van der Waals surface area contributed by atoms with Crippen LogP contribution in [0.4, 0.5) is 0 Å². The van der Waals surface area contributed by atoms with Crippen molar-refractivity contribution in [2.75, 3.05) is 0 Å². The molecule has 1 heteroatoms. The van der Waals surface area contributed by atoms with Crippen LogP contribution < -0.4 is 0 Å². The topological polar surface area (TPSA) is 20.2 Å². The second-order valence-corrected chi connectivity index (χ2v) is 7.10. The Morgan fingerprint density at radius 2 is 1.27 bits per heavy atom. The number of aliphatic hydroxyl groups excluding tert-OH is 1. The lowest BCUT2D eigenvalue weighted by Crippen LogP contribution is -2.15. The van der Waals surface area contributed by atoms with Gasteiger partial charge in [0.15, 0.2) is 0 Å². The standard InChI is InChI=1S/C25H20O/c1-16-8-2-3-9-17(16)23-15-14-22-20-12-5-4-10-18(20)19-11-6-7-13-21(19)24(22)25(23)26/h2-15,23,25-26H,1H3/t23-,25-/m0/s1. The fourth-order valence-electron chi connectivity index (χ4n) is 4.41. The van der Waals surface area contributed by atoms with Gasteiger partial charge in [-0.05, 0) is 50.7 Å². The zero-order chi connectivity index (χ0) is 17.7. The second kappa shape index (κ2) is 5.82. The Bertz CT molecular complexity index is 1170. The van der Waals surface area contributed by atoms with Gasteiger partial charge in [-0.1, -0.05) is 84.9 Å². The van der Waals surface area contributed by atoms with Gasteiger partial charge < -0.3 is 5.11 Å². The van der Waals surface area contributed by atoms with Crippen molar-refractivity contribution in [2.45, 2.75) is 18.9 Å². The zero-order valence-corrected chi connectivity index (χ0v) is 14.7. The molecule has 0 fully saturated rings. The van der Waals surface area contributed by atoms with Crippen molar-refractivity contribution in [1.29, 1.82) is 0 Å². The van der Waals surface area contributed by atoms with Crippen molar-refractivity contribution >= 4 is 27.6 Å². The molecule has 0 heterocycles. The van der Waals surface area contributed by atoms with Crippen LogP contribution in [0.3, 0.4) is 0 Å². The van der Waals surface area contributed by atoms with Crippen LogP contribution in [0, 0.1) is 6.92 Å². The van der Waals surface area contributed by atoms with E-state index in [2.05, 4.69) is 91.9 Å². The predicted octanol–water partition coefficient (Wildman–Crippen LogP) is 6.15. The van der Waals surface area contributed by atoms with Gasteiger partial charge in [0.05, 0.1) is 6.10 Å². The van der Waals surface area contributed by atoms with Crippen molar-refractivity contribution in [1.82, 2.24) is 0 Å². The lowest BCUT2D eigenvalue weighted by molar-refractivity contribution is 0.162. The molecule has 1 N–H and O–H groups in total. The molecule has 0 saturated heterocycles. The Balaban J connectivity index is 1.84. The van der Waals surface area contributed by atoms with Crippen LogP contribution >= 0.6 is 0 Å². The SMILES string of the molecule is Cc1ccccc1[C@@H]1C=Cc2c(c3ccccc3c3ccccc23)[C@H]1O. The molecule has 0 aliphatic heterocycles. The first kappa shape index (κ1) is 15.4. The summed E-state index contributed by atoms with van der Waals surface area (Å²) in [6.45, 7) is 2.11. The molecule has 0 spiro atoms. The van der Waals surface area contributed by atoms with Gasteiger partial charge in [0.25, 0.3) is 0 Å². The van der Waals surface area contributed by atoms with Gasteiger partial charge in [0, 0.05) is 5.92 Å². The number of aryl methyl sites for hydroxylation is 1. The fraction of sp³-hybridized carbons (Fsp3) is 0.120. The minimum Gasteiger partial charge on any atom is -0.387 e. The molecule has 2 atom stereocenters. The van der Waals surface area contributed by atoms with Crippen molar-refractivity contribution < 1.29 is 5.11 Å². The number of hydrogen-bond donors (Lipinski definition) is 1. The molecular weight excluding hydrogens is 316 g/mol. The van der Waals surface area contributed by atoms with Crippen LogP contribution in [-0.2, 0) is 0 Å². The molecule has 0 bridgehead atoms. The smallest absolute Gasteiger partial charge is 0.0905 e. The van der Waals surface area contributed by atoms with Crippen molar-refractivity contribution in [3.8, 4) is 0 Å². The van der Waals surface area contributed by atoms with Gasteiger partial charge in [-0.15, -0.1) is 0 Å². The van der Waals surface area contributed by atoms with E-state index in [9.17, 15) is 5.11 Å². The van der Waals surface area contributed by atoms with Gasteiger partial charge in [0.1, 0.15) is 0 Å². The molecule has 0 saturated carbocycles. The third-order valence-corrected chi connectivity index (χ3v) is 5.67. The molecule has 1 aliphatic rings. The zero-order valence-electron chi connectivity index (χ0n) is 14.7. The summed E-state index contributed by atoms with van der Waals surface area (Å²) >= 11 is 0. The lowest BCUT2D eigenvalue weighted by Gasteiger charge is -2.29. The molecule has 1 aliphatic carbocycles. The van der Waals surface area contributed by atoms with E-state index in [0.29, 0.717) is 0 Å². The first-order valence-corrected chi connectivity index (χ1v) is 9.11. The summed E-state index contributed by atoms with van der Waals surface area (Å²) in [5.74, 6) is -0.0201. The summed E-state index contributed by atoms with van der Waals surface area (Å²) in [5, 5.41) is 16.2. The summed E-state index contributed by atoms with van der Waals surface area (Å²) in [4.78, 5) is 0. The Labute approximate surface area is 153 Å². The highest BCUT2D eigenvalue weighted by Gasteiger charge is 2.29. The van der Waals surface area contributed by atoms with E-state index < -0.39 is 6.10 Å². The van der Waals surface area contributed by atoms with Crippen molar-refractivity contribution in [3.63, 3.8) is 0 Å². The molecule has 4 aromatic carbocycles. The van der Waals surface area contributed by atoms with Gasteiger partial charge >= 0.3 is 0 Å². The summed E-state index contributed by atoms with van der Waals surface area (Å²) in [6.07, 6.45) is 3.82. The number of aliphatic hydroxyl groups is 1.